The minimum absolute atomic E-state index is 0.0462. The number of hydrogen-bond acceptors (Lipinski definition) is 3. The van der Waals surface area contributed by atoms with Crippen LogP contribution < -0.4 is 5.32 Å². The van der Waals surface area contributed by atoms with Crippen LogP contribution in [-0.2, 0) is 9.59 Å². The van der Waals surface area contributed by atoms with E-state index in [1.165, 1.54) is 6.92 Å². The number of anilines is 1. The fraction of sp³-hybridized carbons (Fsp3) is 0.353. The van der Waals surface area contributed by atoms with Gasteiger partial charge in [-0.25, -0.2) is 4.68 Å². The molecule has 0 radical (unpaired) electrons. The second kappa shape index (κ2) is 6.64. The molecule has 120 valence electrons. The van der Waals surface area contributed by atoms with Crippen LogP contribution in [0.4, 0.5) is 5.69 Å². The topological polar surface area (TPSA) is 67.2 Å². The van der Waals surface area contributed by atoms with Crippen molar-refractivity contribution in [3.05, 3.63) is 42.7 Å². The number of piperidine rings is 1. The molecule has 2 aromatic rings. The van der Waals surface area contributed by atoms with Gasteiger partial charge in [0.05, 0.1) is 5.69 Å². The molecule has 1 aromatic carbocycles. The molecule has 0 bridgehead atoms. The summed E-state index contributed by atoms with van der Waals surface area (Å²) in [5.74, 6) is -0.173. The second-order valence-electron chi connectivity index (χ2n) is 5.71. The molecule has 2 amide bonds. The van der Waals surface area contributed by atoms with E-state index in [0.717, 1.165) is 18.5 Å². The van der Waals surface area contributed by atoms with Gasteiger partial charge >= 0.3 is 0 Å². The van der Waals surface area contributed by atoms with Gasteiger partial charge in [0, 0.05) is 31.5 Å². The maximum atomic E-state index is 12.6. The predicted molar refractivity (Wildman–Crippen MR) is 87.2 cm³/mol. The summed E-state index contributed by atoms with van der Waals surface area (Å²) in [6.45, 7) is 2.17. The highest BCUT2D eigenvalue weighted by atomic mass is 16.2. The largest absolute Gasteiger partial charge is 0.331 e. The van der Waals surface area contributed by atoms with Crippen LogP contribution in [0.15, 0.2) is 42.7 Å². The number of carbonyl (C=O) groups excluding carboxylic acids is 2. The Kier molecular flexibility index (Phi) is 4.41. The molecule has 3 rings (SSSR count). The lowest BCUT2D eigenvalue weighted by Crippen LogP contribution is -2.49. The molecule has 0 saturated carbocycles. The molecule has 1 aliphatic rings. The normalized spacial score (nSPS) is 17.8. The van der Waals surface area contributed by atoms with E-state index in [2.05, 4.69) is 10.4 Å². The standard InChI is InChI=1S/C17H20N4O2/c1-13(22)20-10-3-2-8-16(20)17(23)19-14-6-4-7-15(12-14)21-11-5-9-18-21/h4-7,9,11-12,16H,2-3,8,10H2,1H3,(H,19,23). The van der Waals surface area contributed by atoms with Gasteiger partial charge in [-0.1, -0.05) is 6.07 Å². The molecule has 0 aliphatic carbocycles. The molecule has 1 aromatic heterocycles. The zero-order valence-corrected chi connectivity index (χ0v) is 13.1. The summed E-state index contributed by atoms with van der Waals surface area (Å²) in [7, 11) is 0. The first-order valence-electron chi connectivity index (χ1n) is 7.83. The molecule has 1 N–H and O–H groups in total. The van der Waals surface area contributed by atoms with Gasteiger partial charge in [0.2, 0.25) is 11.8 Å². The average molecular weight is 312 g/mol. The molecular formula is C17H20N4O2. The molecule has 23 heavy (non-hydrogen) atoms. The number of benzene rings is 1. The van der Waals surface area contributed by atoms with Gasteiger partial charge < -0.3 is 10.2 Å². The first kappa shape index (κ1) is 15.3. The monoisotopic (exact) mass is 312 g/mol. The summed E-state index contributed by atoms with van der Waals surface area (Å²) in [6.07, 6.45) is 6.19. The van der Waals surface area contributed by atoms with E-state index in [0.29, 0.717) is 18.7 Å². The van der Waals surface area contributed by atoms with Crippen LogP contribution in [-0.4, -0.2) is 39.1 Å². The summed E-state index contributed by atoms with van der Waals surface area (Å²) >= 11 is 0. The van der Waals surface area contributed by atoms with E-state index in [1.807, 2.05) is 36.5 Å². The number of rotatable bonds is 3. The van der Waals surface area contributed by atoms with Gasteiger partial charge in [-0.3, -0.25) is 9.59 Å². The SMILES string of the molecule is CC(=O)N1CCCCC1C(=O)Nc1cccc(-n2cccn2)c1. The van der Waals surface area contributed by atoms with Crippen molar-refractivity contribution in [1.29, 1.82) is 0 Å². The van der Waals surface area contributed by atoms with E-state index in [4.69, 9.17) is 0 Å². The maximum absolute atomic E-state index is 12.6. The third-order valence-corrected chi connectivity index (χ3v) is 4.09. The van der Waals surface area contributed by atoms with Crippen LogP contribution in [0.2, 0.25) is 0 Å². The van der Waals surface area contributed by atoms with E-state index in [-0.39, 0.29) is 17.9 Å². The Bertz CT molecular complexity index is 696. The third-order valence-electron chi connectivity index (χ3n) is 4.09. The fourth-order valence-corrected chi connectivity index (χ4v) is 2.95. The number of aromatic nitrogens is 2. The van der Waals surface area contributed by atoms with E-state index >= 15 is 0 Å². The summed E-state index contributed by atoms with van der Waals surface area (Å²) in [5.41, 5.74) is 1.58. The highest BCUT2D eigenvalue weighted by Crippen LogP contribution is 2.20. The Balaban J connectivity index is 1.75. The van der Waals surface area contributed by atoms with Crippen LogP contribution in [0.5, 0.6) is 0 Å². The van der Waals surface area contributed by atoms with Crippen molar-refractivity contribution in [2.45, 2.75) is 32.2 Å². The number of carbonyl (C=O) groups is 2. The Labute approximate surface area is 135 Å². The Morgan fingerprint density at radius 2 is 2.13 bits per heavy atom. The predicted octanol–water partition coefficient (Wildman–Crippen LogP) is 2.21. The molecule has 0 spiro atoms. The van der Waals surface area contributed by atoms with E-state index < -0.39 is 0 Å². The number of hydrogen-bond donors (Lipinski definition) is 1. The molecule has 6 heteroatoms. The van der Waals surface area contributed by atoms with Crippen molar-refractivity contribution in [1.82, 2.24) is 14.7 Å². The fourth-order valence-electron chi connectivity index (χ4n) is 2.95. The number of amides is 2. The third kappa shape index (κ3) is 3.41. The lowest BCUT2D eigenvalue weighted by molar-refractivity contribution is -0.138. The minimum Gasteiger partial charge on any atom is -0.331 e. The van der Waals surface area contributed by atoms with Crippen molar-refractivity contribution in [2.75, 3.05) is 11.9 Å². The Morgan fingerprint density at radius 3 is 2.87 bits per heavy atom. The van der Waals surface area contributed by atoms with E-state index in [9.17, 15) is 9.59 Å². The number of likely N-dealkylation sites (tertiary alicyclic amines) is 1. The van der Waals surface area contributed by atoms with Gasteiger partial charge in [-0.15, -0.1) is 0 Å². The van der Waals surface area contributed by atoms with E-state index in [1.54, 1.807) is 15.8 Å². The van der Waals surface area contributed by atoms with Crippen LogP contribution in [0.1, 0.15) is 26.2 Å². The molecule has 1 fully saturated rings. The lowest BCUT2D eigenvalue weighted by Gasteiger charge is -2.33. The average Bonchev–Trinajstić information content (AvgIpc) is 3.09. The first-order chi connectivity index (χ1) is 11.1. The molecular weight excluding hydrogens is 292 g/mol. The Hall–Kier alpha value is -2.63. The smallest absolute Gasteiger partial charge is 0.247 e. The van der Waals surface area contributed by atoms with Crippen LogP contribution in [0.25, 0.3) is 5.69 Å². The molecule has 6 nitrogen and oxygen atoms in total. The Morgan fingerprint density at radius 1 is 1.26 bits per heavy atom. The van der Waals surface area contributed by atoms with Gasteiger partial charge in [-0.05, 0) is 43.5 Å². The molecule has 1 unspecified atom stereocenters. The molecule has 1 atom stereocenters. The van der Waals surface area contributed by atoms with Gasteiger partial charge in [-0.2, -0.15) is 5.10 Å². The molecule has 1 saturated heterocycles. The summed E-state index contributed by atoms with van der Waals surface area (Å²) in [6, 6.07) is 8.96. The second-order valence-corrected chi connectivity index (χ2v) is 5.71. The zero-order chi connectivity index (χ0) is 16.2. The zero-order valence-electron chi connectivity index (χ0n) is 13.1. The van der Waals surface area contributed by atoms with Crippen molar-refractivity contribution in [3.8, 4) is 5.69 Å². The van der Waals surface area contributed by atoms with Crippen LogP contribution >= 0.6 is 0 Å². The van der Waals surface area contributed by atoms with Crippen molar-refractivity contribution >= 4 is 17.5 Å². The minimum atomic E-state index is -0.380. The maximum Gasteiger partial charge on any atom is 0.247 e. The van der Waals surface area contributed by atoms with Gasteiger partial charge in [0.1, 0.15) is 6.04 Å². The molecule has 1 aliphatic heterocycles. The van der Waals surface area contributed by atoms with Crippen LogP contribution in [0.3, 0.4) is 0 Å². The summed E-state index contributed by atoms with van der Waals surface area (Å²) in [5, 5.41) is 7.11. The molecule has 2 heterocycles. The lowest BCUT2D eigenvalue weighted by atomic mass is 10.0. The van der Waals surface area contributed by atoms with Crippen molar-refractivity contribution < 1.29 is 9.59 Å². The van der Waals surface area contributed by atoms with Crippen molar-refractivity contribution in [3.63, 3.8) is 0 Å². The number of nitrogens with zero attached hydrogens (tertiary/aromatic N) is 3. The highest BCUT2D eigenvalue weighted by molar-refractivity contribution is 5.97. The highest BCUT2D eigenvalue weighted by Gasteiger charge is 2.30. The number of nitrogens with one attached hydrogen (secondary N) is 1. The van der Waals surface area contributed by atoms with Crippen LogP contribution in [0, 0.1) is 0 Å². The van der Waals surface area contributed by atoms with Gasteiger partial charge in [0.15, 0.2) is 0 Å². The first-order valence-corrected chi connectivity index (χ1v) is 7.83. The van der Waals surface area contributed by atoms with Gasteiger partial charge in [0.25, 0.3) is 0 Å². The van der Waals surface area contributed by atoms with Crippen molar-refractivity contribution in [2.24, 2.45) is 0 Å². The summed E-state index contributed by atoms with van der Waals surface area (Å²) in [4.78, 5) is 25.9. The quantitative estimate of drug-likeness (QED) is 0.945. The summed E-state index contributed by atoms with van der Waals surface area (Å²) < 4.78 is 1.73.